The van der Waals surface area contributed by atoms with Crippen molar-refractivity contribution in [2.45, 2.75) is 72.6 Å². The van der Waals surface area contributed by atoms with Crippen molar-refractivity contribution in [1.82, 2.24) is 0 Å². The zero-order valence-electron chi connectivity index (χ0n) is 16.9. The van der Waals surface area contributed by atoms with Crippen molar-refractivity contribution in [3.8, 4) is 11.1 Å². The van der Waals surface area contributed by atoms with Gasteiger partial charge in [0.25, 0.3) is 0 Å². The number of unbranched alkanes of at least 4 members (excludes halogenated alkanes) is 3. The second-order valence-corrected chi connectivity index (χ2v) is 20.9. The SMILES string of the molecule is CCC[CH2][Sn]([CH2]CCC)([CH2]CCC)[c]1ccc(-c2ccccc2)c(F)c1. The van der Waals surface area contributed by atoms with E-state index in [1.165, 1.54) is 55.4 Å². The summed E-state index contributed by atoms with van der Waals surface area (Å²) in [7, 11) is 0. The van der Waals surface area contributed by atoms with E-state index < -0.39 is 18.4 Å². The molecule has 2 aromatic rings. The monoisotopic (exact) mass is 462 g/mol. The Morgan fingerprint density at radius 2 is 1.27 bits per heavy atom. The number of hydrogen-bond donors (Lipinski definition) is 0. The van der Waals surface area contributed by atoms with Crippen molar-refractivity contribution in [3.05, 3.63) is 54.3 Å². The Labute approximate surface area is 164 Å². The Hall–Kier alpha value is -0.831. The zero-order chi connectivity index (χ0) is 18.8. The molecule has 0 atom stereocenters. The molecule has 0 heterocycles. The molecular formula is C24H35FSn. The topological polar surface area (TPSA) is 0 Å². The second-order valence-electron chi connectivity index (χ2n) is 7.65. The second kappa shape index (κ2) is 11.1. The Bertz CT molecular complexity index is 629. The van der Waals surface area contributed by atoms with Crippen LogP contribution < -0.4 is 3.58 Å². The van der Waals surface area contributed by atoms with Crippen LogP contribution in [0.4, 0.5) is 4.39 Å². The molecule has 0 amide bonds. The third-order valence-corrected chi connectivity index (χ3v) is 21.3. The van der Waals surface area contributed by atoms with Gasteiger partial charge in [-0.3, -0.25) is 0 Å². The predicted octanol–water partition coefficient (Wildman–Crippen LogP) is 7.55. The normalized spacial score (nSPS) is 11.7. The Morgan fingerprint density at radius 1 is 0.731 bits per heavy atom. The van der Waals surface area contributed by atoms with E-state index in [-0.39, 0.29) is 5.82 Å². The molecule has 0 aliphatic heterocycles. The molecule has 2 rings (SSSR count). The van der Waals surface area contributed by atoms with Crippen molar-refractivity contribution in [1.29, 1.82) is 0 Å². The van der Waals surface area contributed by atoms with Gasteiger partial charge in [-0.25, -0.2) is 0 Å². The summed E-state index contributed by atoms with van der Waals surface area (Å²) in [4.78, 5) is 0. The van der Waals surface area contributed by atoms with Gasteiger partial charge < -0.3 is 0 Å². The summed E-state index contributed by atoms with van der Waals surface area (Å²) < 4.78 is 20.6. The first-order chi connectivity index (χ1) is 12.7. The van der Waals surface area contributed by atoms with Gasteiger partial charge in [-0.1, -0.05) is 0 Å². The molecule has 0 N–H and O–H groups in total. The van der Waals surface area contributed by atoms with E-state index in [0.29, 0.717) is 0 Å². The maximum atomic E-state index is 15.1. The molecule has 0 fully saturated rings. The molecule has 2 heteroatoms. The van der Waals surface area contributed by atoms with Gasteiger partial charge >= 0.3 is 164 Å². The van der Waals surface area contributed by atoms with Crippen LogP contribution in [0.15, 0.2) is 48.5 Å². The van der Waals surface area contributed by atoms with Crippen molar-refractivity contribution in [3.63, 3.8) is 0 Å². The quantitative estimate of drug-likeness (QED) is 0.303. The zero-order valence-corrected chi connectivity index (χ0v) is 19.7. The third-order valence-electron chi connectivity index (χ3n) is 5.69. The summed E-state index contributed by atoms with van der Waals surface area (Å²) >= 11 is -2.53. The van der Waals surface area contributed by atoms with Crippen LogP contribution in [-0.2, 0) is 0 Å². The van der Waals surface area contributed by atoms with Gasteiger partial charge in [0.1, 0.15) is 0 Å². The minimum absolute atomic E-state index is 0.0285. The summed E-state index contributed by atoms with van der Waals surface area (Å²) in [6.45, 7) is 6.86. The molecule has 142 valence electrons. The maximum absolute atomic E-state index is 15.1. The van der Waals surface area contributed by atoms with Crippen LogP contribution >= 0.6 is 0 Å². The van der Waals surface area contributed by atoms with E-state index in [1.54, 1.807) is 0 Å². The van der Waals surface area contributed by atoms with E-state index in [4.69, 9.17) is 0 Å². The standard InChI is InChI=1S/C12H8F.3C4H9.Sn/c13-12-9-5-4-8-11(12)10-6-2-1-3-7-10;3*1-3-4-2;/h1-4,6-9H;3*1,3-4H2,2H3;. The van der Waals surface area contributed by atoms with Gasteiger partial charge in [0, 0.05) is 0 Å². The number of benzene rings is 2. The summed E-state index contributed by atoms with van der Waals surface area (Å²) in [5.41, 5.74) is 1.73. The molecule has 0 aromatic heterocycles. The fraction of sp³-hybridized carbons (Fsp3) is 0.500. The first kappa shape index (κ1) is 21.5. The van der Waals surface area contributed by atoms with Crippen molar-refractivity contribution in [2.24, 2.45) is 0 Å². The fourth-order valence-corrected chi connectivity index (χ4v) is 20.0. The van der Waals surface area contributed by atoms with Crippen LogP contribution in [0.25, 0.3) is 11.1 Å². The van der Waals surface area contributed by atoms with Crippen LogP contribution in [-0.4, -0.2) is 18.4 Å². The summed E-state index contributed by atoms with van der Waals surface area (Å²) in [5, 5.41) is 0. The first-order valence-corrected chi connectivity index (χ1v) is 18.0. The van der Waals surface area contributed by atoms with Crippen LogP contribution in [0.1, 0.15) is 59.3 Å². The Kier molecular flexibility index (Phi) is 9.18. The average molecular weight is 461 g/mol. The molecule has 2 aromatic carbocycles. The van der Waals surface area contributed by atoms with E-state index in [0.717, 1.165) is 11.1 Å². The molecule has 0 saturated heterocycles. The van der Waals surface area contributed by atoms with Crippen LogP contribution in [0.5, 0.6) is 0 Å². The van der Waals surface area contributed by atoms with Gasteiger partial charge in [0.05, 0.1) is 0 Å². The third kappa shape index (κ3) is 5.58. The van der Waals surface area contributed by atoms with Gasteiger partial charge in [0.15, 0.2) is 0 Å². The van der Waals surface area contributed by atoms with Crippen molar-refractivity contribution >= 4 is 22.0 Å². The molecule has 0 aliphatic carbocycles. The predicted molar refractivity (Wildman–Crippen MR) is 116 cm³/mol. The van der Waals surface area contributed by atoms with Crippen LogP contribution in [0.2, 0.25) is 13.3 Å². The molecule has 0 bridgehead atoms. The molecule has 0 unspecified atom stereocenters. The molecule has 0 aliphatic rings. The average Bonchev–Trinajstić information content (AvgIpc) is 2.68. The number of hydrogen-bond acceptors (Lipinski definition) is 0. The van der Waals surface area contributed by atoms with Crippen LogP contribution in [0.3, 0.4) is 0 Å². The minimum atomic E-state index is -2.53. The van der Waals surface area contributed by atoms with E-state index >= 15 is 4.39 Å². The van der Waals surface area contributed by atoms with Crippen molar-refractivity contribution < 1.29 is 4.39 Å². The molecule has 26 heavy (non-hydrogen) atoms. The molecule has 0 radical (unpaired) electrons. The van der Waals surface area contributed by atoms with E-state index in [1.807, 2.05) is 36.4 Å². The fourth-order valence-electron chi connectivity index (χ4n) is 4.05. The summed E-state index contributed by atoms with van der Waals surface area (Å²) in [6, 6.07) is 16.2. The summed E-state index contributed by atoms with van der Waals surface area (Å²) in [5.74, 6) is -0.0285. The molecule has 0 saturated carbocycles. The van der Waals surface area contributed by atoms with E-state index in [2.05, 4.69) is 32.9 Å². The van der Waals surface area contributed by atoms with Gasteiger partial charge in [0.2, 0.25) is 0 Å². The molecule has 0 spiro atoms. The Balaban J connectivity index is 2.40. The van der Waals surface area contributed by atoms with Crippen LogP contribution in [0, 0.1) is 5.82 Å². The number of halogens is 1. The van der Waals surface area contributed by atoms with E-state index in [9.17, 15) is 0 Å². The Morgan fingerprint density at radius 3 is 1.73 bits per heavy atom. The van der Waals surface area contributed by atoms with Gasteiger partial charge in [-0.05, 0) is 0 Å². The molecular weight excluding hydrogens is 426 g/mol. The first-order valence-electron chi connectivity index (χ1n) is 10.5. The molecule has 0 nitrogen and oxygen atoms in total. The van der Waals surface area contributed by atoms with Gasteiger partial charge in [-0.2, -0.15) is 0 Å². The number of rotatable bonds is 11. The van der Waals surface area contributed by atoms with Gasteiger partial charge in [-0.15, -0.1) is 0 Å². The summed E-state index contributed by atoms with van der Waals surface area (Å²) in [6.07, 6.45) is 7.69. The van der Waals surface area contributed by atoms with Crippen molar-refractivity contribution in [2.75, 3.05) is 0 Å².